The summed E-state index contributed by atoms with van der Waals surface area (Å²) in [7, 11) is 0. The standard InChI is InChI=1S/C15H9BrFNO5/c16-10-3-1-9(2-4-10)14(19)8-23-15(20)12-6-5-11(17)7-13(12)18(21)22/h1-7H,8H2. The highest BCUT2D eigenvalue weighted by molar-refractivity contribution is 9.10. The van der Waals surface area contributed by atoms with Crippen LogP contribution in [0.1, 0.15) is 20.7 Å². The third-order valence-electron chi connectivity index (χ3n) is 2.88. The number of carbonyl (C=O) groups excluding carboxylic acids is 2. The van der Waals surface area contributed by atoms with Crippen molar-refractivity contribution in [1.82, 2.24) is 0 Å². The molecule has 0 spiro atoms. The fourth-order valence-corrected chi connectivity index (χ4v) is 2.02. The zero-order chi connectivity index (χ0) is 17.0. The largest absolute Gasteiger partial charge is 0.454 e. The van der Waals surface area contributed by atoms with Gasteiger partial charge in [-0.05, 0) is 24.3 Å². The molecular weight excluding hydrogens is 373 g/mol. The SMILES string of the molecule is O=C(COC(=O)c1ccc(F)cc1[N+](=O)[O-])c1ccc(Br)cc1. The molecule has 0 amide bonds. The summed E-state index contributed by atoms with van der Waals surface area (Å²) in [5.41, 5.74) is -0.805. The summed E-state index contributed by atoms with van der Waals surface area (Å²) in [6.07, 6.45) is 0. The normalized spacial score (nSPS) is 10.2. The lowest BCUT2D eigenvalue weighted by molar-refractivity contribution is -0.385. The van der Waals surface area contributed by atoms with E-state index < -0.39 is 40.4 Å². The van der Waals surface area contributed by atoms with Crippen molar-refractivity contribution < 1.29 is 23.6 Å². The molecule has 0 bridgehead atoms. The van der Waals surface area contributed by atoms with Gasteiger partial charge in [-0.25, -0.2) is 9.18 Å². The Morgan fingerprint density at radius 1 is 1.17 bits per heavy atom. The number of rotatable bonds is 5. The molecule has 2 aromatic rings. The van der Waals surface area contributed by atoms with Crippen molar-refractivity contribution in [3.05, 3.63) is 74.0 Å². The van der Waals surface area contributed by atoms with Gasteiger partial charge in [0.25, 0.3) is 5.69 Å². The molecule has 0 aromatic heterocycles. The van der Waals surface area contributed by atoms with E-state index in [1.807, 2.05) is 0 Å². The molecule has 0 heterocycles. The van der Waals surface area contributed by atoms with Gasteiger partial charge >= 0.3 is 5.97 Å². The molecule has 6 nitrogen and oxygen atoms in total. The van der Waals surface area contributed by atoms with Gasteiger partial charge in [0.2, 0.25) is 0 Å². The second-order valence-electron chi connectivity index (χ2n) is 4.42. The van der Waals surface area contributed by atoms with Crippen LogP contribution in [0.4, 0.5) is 10.1 Å². The van der Waals surface area contributed by atoms with E-state index in [4.69, 9.17) is 4.74 Å². The number of nitro groups is 1. The van der Waals surface area contributed by atoms with E-state index in [2.05, 4.69) is 15.9 Å². The van der Waals surface area contributed by atoms with Gasteiger partial charge in [0.15, 0.2) is 12.4 Å². The molecular formula is C15H9BrFNO5. The molecule has 0 aliphatic carbocycles. The zero-order valence-corrected chi connectivity index (χ0v) is 13.1. The van der Waals surface area contributed by atoms with Crippen molar-refractivity contribution in [2.45, 2.75) is 0 Å². The number of halogens is 2. The molecule has 0 atom stereocenters. The van der Waals surface area contributed by atoms with Crippen LogP contribution in [0.5, 0.6) is 0 Å². The first-order valence-corrected chi connectivity index (χ1v) is 7.07. The van der Waals surface area contributed by atoms with Crippen LogP contribution in [0.2, 0.25) is 0 Å². The summed E-state index contributed by atoms with van der Waals surface area (Å²) in [6, 6.07) is 8.86. The number of nitrogens with zero attached hydrogens (tertiary/aromatic N) is 1. The minimum Gasteiger partial charge on any atom is -0.454 e. The molecule has 0 saturated carbocycles. The van der Waals surface area contributed by atoms with Crippen LogP contribution in [-0.2, 0) is 4.74 Å². The third-order valence-corrected chi connectivity index (χ3v) is 3.41. The summed E-state index contributed by atoms with van der Waals surface area (Å²) in [5, 5.41) is 10.8. The topological polar surface area (TPSA) is 86.5 Å². The number of benzene rings is 2. The van der Waals surface area contributed by atoms with Gasteiger partial charge in [0.05, 0.1) is 11.0 Å². The number of nitro benzene ring substituents is 1. The Bertz CT molecular complexity index is 776. The molecule has 8 heteroatoms. The Balaban J connectivity index is 2.09. The van der Waals surface area contributed by atoms with E-state index in [1.165, 1.54) is 0 Å². The summed E-state index contributed by atoms with van der Waals surface area (Å²) in [5.74, 6) is -2.38. The van der Waals surface area contributed by atoms with Crippen molar-refractivity contribution >= 4 is 33.4 Å². The van der Waals surface area contributed by atoms with Crippen LogP contribution in [0.15, 0.2) is 46.9 Å². The number of carbonyl (C=O) groups is 2. The molecule has 2 aromatic carbocycles. The van der Waals surface area contributed by atoms with E-state index >= 15 is 0 Å². The van der Waals surface area contributed by atoms with Crippen LogP contribution in [0, 0.1) is 15.9 Å². The maximum Gasteiger partial charge on any atom is 0.345 e. The predicted octanol–water partition coefficient (Wildman–Crippen LogP) is 3.54. The van der Waals surface area contributed by atoms with Crippen molar-refractivity contribution in [3.63, 3.8) is 0 Å². The lowest BCUT2D eigenvalue weighted by atomic mass is 10.1. The van der Waals surface area contributed by atoms with Crippen LogP contribution in [0.3, 0.4) is 0 Å². The van der Waals surface area contributed by atoms with Crippen molar-refractivity contribution in [2.75, 3.05) is 6.61 Å². The monoisotopic (exact) mass is 381 g/mol. The van der Waals surface area contributed by atoms with Crippen LogP contribution >= 0.6 is 15.9 Å². The first-order chi connectivity index (χ1) is 10.9. The zero-order valence-electron chi connectivity index (χ0n) is 11.5. The second kappa shape index (κ2) is 7.10. The van der Waals surface area contributed by atoms with E-state index in [-0.39, 0.29) is 0 Å². The Hall–Kier alpha value is -2.61. The lowest BCUT2D eigenvalue weighted by Crippen LogP contribution is -2.15. The smallest absolute Gasteiger partial charge is 0.345 e. The highest BCUT2D eigenvalue weighted by Crippen LogP contribution is 2.20. The Labute approximate surface area is 138 Å². The summed E-state index contributed by atoms with van der Waals surface area (Å²) >= 11 is 3.22. The fraction of sp³-hybridized carbons (Fsp3) is 0.0667. The van der Waals surface area contributed by atoms with Crippen molar-refractivity contribution in [1.29, 1.82) is 0 Å². The van der Waals surface area contributed by atoms with E-state index in [0.717, 1.165) is 16.6 Å². The highest BCUT2D eigenvalue weighted by atomic mass is 79.9. The van der Waals surface area contributed by atoms with Crippen molar-refractivity contribution in [3.8, 4) is 0 Å². The molecule has 0 aliphatic heterocycles. The second-order valence-corrected chi connectivity index (χ2v) is 5.34. The van der Waals surface area contributed by atoms with Gasteiger partial charge in [-0.15, -0.1) is 0 Å². The fourth-order valence-electron chi connectivity index (χ4n) is 1.76. The average molecular weight is 382 g/mol. The van der Waals surface area contributed by atoms with Crippen LogP contribution in [-0.4, -0.2) is 23.3 Å². The average Bonchev–Trinajstić information content (AvgIpc) is 2.52. The molecule has 0 unspecified atom stereocenters. The summed E-state index contributed by atoms with van der Waals surface area (Å²) in [6.45, 7) is -0.574. The molecule has 0 radical (unpaired) electrons. The first kappa shape index (κ1) is 16.8. The Morgan fingerprint density at radius 3 is 2.43 bits per heavy atom. The Morgan fingerprint density at radius 2 is 1.83 bits per heavy atom. The number of ketones is 1. The molecule has 0 aliphatic rings. The van der Waals surface area contributed by atoms with Crippen LogP contribution in [0.25, 0.3) is 0 Å². The molecule has 23 heavy (non-hydrogen) atoms. The molecule has 118 valence electrons. The van der Waals surface area contributed by atoms with Gasteiger partial charge in [-0.1, -0.05) is 28.1 Å². The minimum absolute atomic E-state index is 0.328. The van der Waals surface area contributed by atoms with E-state index in [0.29, 0.717) is 11.6 Å². The summed E-state index contributed by atoms with van der Waals surface area (Å²) in [4.78, 5) is 33.7. The predicted molar refractivity (Wildman–Crippen MR) is 81.8 cm³/mol. The minimum atomic E-state index is -1.07. The third kappa shape index (κ3) is 4.19. The van der Waals surface area contributed by atoms with Gasteiger partial charge in [-0.3, -0.25) is 14.9 Å². The highest BCUT2D eigenvalue weighted by Gasteiger charge is 2.23. The maximum atomic E-state index is 13.0. The number of Topliss-reactive ketones (excluding diaryl/α,β-unsaturated/α-hetero) is 1. The molecule has 0 fully saturated rings. The molecule has 0 saturated heterocycles. The van der Waals surface area contributed by atoms with Crippen molar-refractivity contribution in [2.24, 2.45) is 0 Å². The molecule has 2 rings (SSSR count). The number of hydrogen-bond donors (Lipinski definition) is 0. The number of hydrogen-bond acceptors (Lipinski definition) is 5. The Kier molecular flexibility index (Phi) is 5.17. The first-order valence-electron chi connectivity index (χ1n) is 6.28. The van der Waals surface area contributed by atoms with Gasteiger partial charge in [0.1, 0.15) is 11.4 Å². The van der Waals surface area contributed by atoms with E-state index in [1.54, 1.807) is 24.3 Å². The molecule has 0 N–H and O–H groups in total. The van der Waals surface area contributed by atoms with Gasteiger partial charge in [-0.2, -0.15) is 0 Å². The van der Waals surface area contributed by atoms with Gasteiger partial charge < -0.3 is 4.74 Å². The van der Waals surface area contributed by atoms with E-state index in [9.17, 15) is 24.1 Å². The number of esters is 1. The van der Waals surface area contributed by atoms with Crippen LogP contribution < -0.4 is 0 Å². The van der Waals surface area contributed by atoms with Gasteiger partial charge in [0, 0.05) is 10.0 Å². The lowest BCUT2D eigenvalue weighted by Gasteiger charge is -2.05. The maximum absolute atomic E-state index is 13.0. The summed E-state index contributed by atoms with van der Waals surface area (Å²) < 4.78 is 18.6. The number of ether oxygens (including phenoxy) is 1. The quantitative estimate of drug-likeness (QED) is 0.342.